The third-order valence-electron chi connectivity index (χ3n) is 1.01. The maximum Gasteiger partial charge on any atom is 0.144 e. The summed E-state index contributed by atoms with van der Waals surface area (Å²) >= 11 is 0. The molecule has 0 spiro atoms. The number of rotatable bonds is 3. The monoisotopic (exact) mass is 135 g/mol. The van der Waals surface area contributed by atoms with Crippen LogP contribution in [0.3, 0.4) is 0 Å². The normalized spacial score (nSPS) is 9.30. The van der Waals surface area contributed by atoms with Crippen LogP contribution in [0.4, 0.5) is 5.82 Å². The van der Waals surface area contributed by atoms with Crippen LogP contribution < -0.4 is 5.32 Å². The van der Waals surface area contributed by atoms with E-state index in [1.54, 1.807) is 18.6 Å². The number of nitrogens with one attached hydrogen (secondary N) is 1. The zero-order valence-corrected chi connectivity index (χ0v) is 5.62. The van der Waals surface area contributed by atoms with Gasteiger partial charge in [-0.15, -0.1) is 0 Å². The zero-order valence-electron chi connectivity index (χ0n) is 5.62. The molecular weight excluding hydrogens is 126 g/mol. The van der Waals surface area contributed by atoms with Crippen molar-refractivity contribution in [2.75, 3.05) is 11.9 Å². The molecule has 0 bridgehead atoms. The van der Waals surface area contributed by atoms with Crippen molar-refractivity contribution in [2.45, 2.75) is 6.42 Å². The number of hydrogen-bond donors (Lipinski definition) is 1. The van der Waals surface area contributed by atoms with Gasteiger partial charge >= 0.3 is 0 Å². The van der Waals surface area contributed by atoms with Gasteiger partial charge in [0.25, 0.3) is 0 Å². The molecule has 0 aromatic carbocycles. The van der Waals surface area contributed by atoms with Crippen molar-refractivity contribution in [1.82, 2.24) is 9.97 Å². The minimum absolute atomic E-state index is 0.608. The summed E-state index contributed by atoms with van der Waals surface area (Å²) in [5.41, 5.74) is 0. The van der Waals surface area contributed by atoms with Crippen molar-refractivity contribution in [3.05, 3.63) is 25.5 Å². The second-order valence-corrected chi connectivity index (χ2v) is 1.81. The summed E-state index contributed by atoms with van der Waals surface area (Å²) in [4.78, 5) is 7.86. The molecule has 1 rings (SSSR count). The van der Waals surface area contributed by atoms with Gasteiger partial charge in [-0.1, -0.05) is 0 Å². The predicted molar refractivity (Wildman–Crippen MR) is 39.4 cm³/mol. The van der Waals surface area contributed by atoms with Gasteiger partial charge in [0, 0.05) is 18.9 Å². The zero-order chi connectivity index (χ0) is 7.23. The Morgan fingerprint density at radius 1 is 1.50 bits per heavy atom. The average molecular weight is 135 g/mol. The Morgan fingerprint density at radius 2 is 2.40 bits per heavy atom. The van der Waals surface area contributed by atoms with E-state index < -0.39 is 0 Å². The van der Waals surface area contributed by atoms with Crippen LogP contribution in [0.15, 0.2) is 18.6 Å². The molecule has 2 radical (unpaired) electrons. The fourth-order valence-electron chi connectivity index (χ4n) is 0.591. The van der Waals surface area contributed by atoms with Crippen LogP contribution in [0.2, 0.25) is 0 Å². The summed E-state index contributed by atoms with van der Waals surface area (Å²) in [6, 6.07) is 0. The van der Waals surface area contributed by atoms with Gasteiger partial charge in [0.2, 0.25) is 0 Å². The molecule has 0 aliphatic heterocycles. The third-order valence-corrected chi connectivity index (χ3v) is 1.01. The molecule has 3 nitrogen and oxygen atoms in total. The lowest BCUT2D eigenvalue weighted by atomic mass is 10.5. The summed E-state index contributed by atoms with van der Waals surface area (Å²) in [7, 11) is 0. The van der Waals surface area contributed by atoms with E-state index >= 15 is 0 Å². The van der Waals surface area contributed by atoms with Gasteiger partial charge in [-0.2, -0.15) is 0 Å². The number of hydrogen-bond acceptors (Lipinski definition) is 3. The third kappa shape index (κ3) is 2.01. The Labute approximate surface area is 60.5 Å². The molecule has 0 saturated heterocycles. The number of aromatic nitrogens is 2. The molecule has 52 valence electrons. The molecule has 0 atom stereocenters. The first-order chi connectivity index (χ1) is 4.93. The first kappa shape index (κ1) is 6.99. The molecular formula is C7H9N3. The van der Waals surface area contributed by atoms with Crippen molar-refractivity contribution < 1.29 is 0 Å². The van der Waals surface area contributed by atoms with Crippen LogP contribution in [-0.2, 0) is 0 Å². The van der Waals surface area contributed by atoms with Crippen molar-refractivity contribution in [3.63, 3.8) is 0 Å². The molecule has 0 fully saturated rings. The molecule has 0 aliphatic rings. The van der Waals surface area contributed by atoms with Gasteiger partial charge in [0.05, 0.1) is 6.20 Å². The maximum absolute atomic E-state index is 5.27. The Bertz CT molecular complexity index is 173. The minimum Gasteiger partial charge on any atom is -0.369 e. The predicted octanol–water partition coefficient (Wildman–Crippen LogP) is 0.990. The van der Waals surface area contributed by atoms with Crippen molar-refractivity contribution >= 4 is 5.82 Å². The largest absolute Gasteiger partial charge is 0.369 e. The molecule has 10 heavy (non-hydrogen) atoms. The average Bonchev–Trinajstić information content (AvgIpc) is 2.03. The van der Waals surface area contributed by atoms with Crippen LogP contribution >= 0.6 is 0 Å². The molecule has 0 unspecified atom stereocenters. The molecule has 1 aromatic heterocycles. The lowest BCUT2D eigenvalue weighted by Gasteiger charge is -1.99. The Balaban J connectivity index is 2.43. The lowest BCUT2D eigenvalue weighted by Crippen LogP contribution is -2.01. The Kier molecular flexibility index (Phi) is 2.67. The first-order valence-corrected chi connectivity index (χ1v) is 3.13. The summed E-state index contributed by atoms with van der Waals surface area (Å²) in [6.07, 6.45) is 5.54. The van der Waals surface area contributed by atoms with Crippen LogP contribution in [0.5, 0.6) is 0 Å². The van der Waals surface area contributed by atoms with Crippen LogP contribution in [0, 0.1) is 6.92 Å². The maximum atomic E-state index is 5.27. The molecule has 0 saturated carbocycles. The minimum atomic E-state index is 0.608. The van der Waals surface area contributed by atoms with E-state index in [4.69, 9.17) is 6.92 Å². The first-order valence-electron chi connectivity index (χ1n) is 3.13. The fourth-order valence-corrected chi connectivity index (χ4v) is 0.591. The van der Waals surface area contributed by atoms with E-state index in [0.717, 1.165) is 12.4 Å². The highest BCUT2D eigenvalue weighted by molar-refractivity contribution is 5.29. The van der Waals surface area contributed by atoms with Crippen molar-refractivity contribution in [3.8, 4) is 0 Å². The van der Waals surface area contributed by atoms with Gasteiger partial charge in [-0.05, 0) is 13.3 Å². The second-order valence-electron chi connectivity index (χ2n) is 1.81. The Hall–Kier alpha value is -1.12. The quantitative estimate of drug-likeness (QED) is 0.671. The van der Waals surface area contributed by atoms with E-state index in [0.29, 0.717) is 6.42 Å². The molecule has 0 amide bonds. The van der Waals surface area contributed by atoms with E-state index in [2.05, 4.69) is 15.3 Å². The van der Waals surface area contributed by atoms with Crippen molar-refractivity contribution in [2.24, 2.45) is 0 Å². The molecule has 0 aliphatic carbocycles. The van der Waals surface area contributed by atoms with Crippen LogP contribution in [-0.4, -0.2) is 16.5 Å². The lowest BCUT2D eigenvalue weighted by molar-refractivity contribution is 1.03. The summed E-state index contributed by atoms with van der Waals surface area (Å²) in [5, 5.41) is 3.00. The highest BCUT2D eigenvalue weighted by Crippen LogP contribution is 1.95. The standard InChI is InChI=1S/C7H9N3/c1-2-3-9-7-6-8-4-5-10-7/h1,4-6H,2-3H2,(H,9,10). The Morgan fingerprint density at radius 3 is 3.00 bits per heavy atom. The number of nitrogens with zero attached hydrogens (tertiary/aromatic N) is 2. The number of anilines is 1. The molecule has 1 heterocycles. The second kappa shape index (κ2) is 3.82. The van der Waals surface area contributed by atoms with Crippen LogP contribution in [0.25, 0.3) is 0 Å². The van der Waals surface area contributed by atoms with E-state index in [-0.39, 0.29) is 0 Å². The van der Waals surface area contributed by atoms with E-state index in [1.807, 2.05) is 0 Å². The molecule has 3 heteroatoms. The summed E-state index contributed by atoms with van der Waals surface area (Å²) in [6.45, 7) is 6.00. The fraction of sp³-hybridized carbons (Fsp3) is 0.286. The van der Waals surface area contributed by atoms with Crippen LogP contribution in [0.1, 0.15) is 6.42 Å². The molecule has 1 N–H and O–H groups in total. The van der Waals surface area contributed by atoms with Gasteiger partial charge in [-0.25, -0.2) is 4.98 Å². The van der Waals surface area contributed by atoms with Gasteiger partial charge < -0.3 is 5.32 Å². The van der Waals surface area contributed by atoms with E-state index in [9.17, 15) is 0 Å². The summed E-state index contributed by atoms with van der Waals surface area (Å²) in [5.74, 6) is 0.771. The van der Waals surface area contributed by atoms with Gasteiger partial charge in [-0.3, -0.25) is 4.98 Å². The van der Waals surface area contributed by atoms with E-state index in [1.165, 1.54) is 0 Å². The van der Waals surface area contributed by atoms with Crippen molar-refractivity contribution in [1.29, 1.82) is 0 Å². The summed E-state index contributed by atoms with van der Waals surface area (Å²) < 4.78 is 0. The highest BCUT2D eigenvalue weighted by atomic mass is 15.0. The molecule has 1 aromatic rings. The topological polar surface area (TPSA) is 37.8 Å². The van der Waals surface area contributed by atoms with Gasteiger partial charge in [0.1, 0.15) is 5.82 Å². The SMILES string of the molecule is [CH]CCNc1cnccn1. The smallest absolute Gasteiger partial charge is 0.144 e. The highest BCUT2D eigenvalue weighted by Gasteiger charge is 1.86. The van der Waals surface area contributed by atoms with Gasteiger partial charge in [0.15, 0.2) is 0 Å².